The van der Waals surface area contributed by atoms with Crippen molar-refractivity contribution in [1.29, 1.82) is 0 Å². The number of hydrogen-bond donors (Lipinski definition) is 0. The van der Waals surface area contributed by atoms with E-state index in [0.29, 0.717) is 10.9 Å². The zero-order valence-corrected chi connectivity index (χ0v) is 16.5. The third-order valence-electron chi connectivity index (χ3n) is 5.06. The van der Waals surface area contributed by atoms with E-state index in [1.165, 1.54) is 11.8 Å². The first-order valence-corrected chi connectivity index (χ1v) is 11.2. The van der Waals surface area contributed by atoms with Crippen molar-refractivity contribution >= 4 is 15.5 Å². The number of benzene rings is 2. The standard InChI is InChI=1S/C21H28N2O2S/c1-3-9-19-17-23(20-12-7-8-13-21(20)26(2,24)25)15-14-22(19)16-18-10-5-4-6-11-18/h4-8,10-13,19H,3,9,14-17H2,1-2H3. The minimum absolute atomic E-state index is 0.432. The normalized spacial score (nSPS) is 18.8. The number of nitrogens with zero attached hydrogens (tertiary/aromatic N) is 2. The summed E-state index contributed by atoms with van der Waals surface area (Å²) in [4.78, 5) is 5.23. The second kappa shape index (κ2) is 8.23. The molecule has 0 N–H and O–H groups in total. The number of sulfone groups is 1. The van der Waals surface area contributed by atoms with E-state index >= 15 is 0 Å². The van der Waals surface area contributed by atoms with Crippen LogP contribution in [0.1, 0.15) is 25.3 Å². The second-order valence-electron chi connectivity index (χ2n) is 7.08. The van der Waals surface area contributed by atoms with Crippen molar-refractivity contribution < 1.29 is 8.42 Å². The molecular weight excluding hydrogens is 344 g/mol. The maximum absolute atomic E-state index is 12.2. The molecule has 140 valence electrons. The van der Waals surface area contributed by atoms with Gasteiger partial charge >= 0.3 is 0 Å². The fourth-order valence-corrected chi connectivity index (χ4v) is 4.68. The van der Waals surface area contributed by atoms with Crippen LogP contribution in [0.4, 0.5) is 5.69 Å². The van der Waals surface area contributed by atoms with E-state index < -0.39 is 9.84 Å². The molecule has 1 aliphatic rings. The minimum Gasteiger partial charge on any atom is -0.368 e. The second-order valence-corrected chi connectivity index (χ2v) is 9.07. The van der Waals surface area contributed by atoms with Crippen LogP contribution in [-0.4, -0.2) is 45.2 Å². The van der Waals surface area contributed by atoms with Gasteiger partial charge < -0.3 is 4.90 Å². The average Bonchev–Trinajstić information content (AvgIpc) is 2.63. The first-order chi connectivity index (χ1) is 12.5. The van der Waals surface area contributed by atoms with Crippen molar-refractivity contribution in [1.82, 2.24) is 4.90 Å². The van der Waals surface area contributed by atoms with Gasteiger partial charge in [-0.25, -0.2) is 8.42 Å². The quantitative estimate of drug-likeness (QED) is 0.777. The Kier molecular flexibility index (Phi) is 5.99. The molecular formula is C21H28N2O2S. The molecule has 0 amide bonds. The van der Waals surface area contributed by atoms with Crippen LogP contribution in [0.15, 0.2) is 59.5 Å². The van der Waals surface area contributed by atoms with E-state index in [1.807, 2.05) is 18.2 Å². The predicted molar refractivity (Wildman–Crippen MR) is 107 cm³/mol. The first kappa shape index (κ1) is 18.9. The fraction of sp³-hybridized carbons (Fsp3) is 0.429. The van der Waals surface area contributed by atoms with E-state index in [0.717, 1.165) is 44.7 Å². The van der Waals surface area contributed by atoms with Crippen molar-refractivity contribution in [2.75, 3.05) is 30.8 Å². The van der Waals surface area contributed by atoms with Crippen molar-refractivity contribution in [3.63, 3.8) is 0 Å². The highest BCUT2D eigenvalue weighted by atomic mass is 32.2. The number of rotatable bonds is 6. The van der Waals surface area contributed by atoms with Gasteiger partial charge in [-0.15, -0.1) is 0 Å². The van der Waals surface area contributed by atoms with E-state index in [2.05, 4.69) is 41.0 Å². The molecule has 0 saturated carbocycles. The van der Waals surface area contributed by atoms with Crippen LogP contribution < -0.4 is 4.90 Å². The van der Waals surface area contributed by atoms with E-state index in [1.54, 1.807) is 12.1 Å². The monoisotopic (exact) mass is 372 g/mol. The molecule has 1 fully saturated rings. The zero-order valence-electron chi connectivity index (χ0n) is 15.6. The average molecular weight is 373 g/mol. The number of hydrogen-bond acceptors (Lipinski definition) is 4. The Hall–Kier alpha value is -1.85. The molecule has 2 aromatic rings. The molecule has 2 aromatic carbocycles. The van der Waals surface area contributed by atoms with Crippen molar-refractivity contribution in [2.45, 2.75) is 37.2 Å². The molecule has 1 heterocycles. The molecule has 0 radical (unpaired) electrons. The predicted octanol–water partition coefficient (Wildman–Crippen LogP) is 3.58. The third kappa shape index (κ3) is 4.46. The number of piperazine rings is 1. The number of anilines is 1. The Morgan fingerprint density at radius 1 is 1.00 bits per heavy atom. The molecule has 0 bridgehead atoms. The fourth-order valence-electron chi connectivity index (χ4n) is 3.78. The Bertz CT molecular complexity index is 821. The topological polar surface area (TPSA) is 40.6 Å². The van der Waals surface area contributed by atoms with E-state index in [9.17, 15) is 8.42 Å². The molecule has 4 nitrogen and oxygen atoms in total. The van der Waals surface area contributed by atoms with Crippen molar-refractivity contribution in [2.24, 2.45) is 0 Å². The van der Waals surface area contributed by atoms with Crippen LogP contribution in [0, 0.1) is 0 Å². The van der Waals surface area contributed by atoms with Gasteiger partial charge in [0.15, 0.2) is 9.84 Å². The lowest BCUT2D eigenvalue weighted by Gasteiger charge is -2.43. The van der Waals surface area contributed by atoms with Crippen LogP contribution in [0.2, 0.25) is 0 Å². The summed E-state index contributed by atoms with van der Waals surface area (Å²) in [5.41, 5.74) is 2.18. The van der Waals surface area contributed by atoms with Gasteiger partial charge in [0.1, 0.15) is 0 Å². The Labute approximate surface area is 157 Å². The Balaban J connectivity index is 1.80. The largest absolute Gasteiger partial charge is 0.368 e. The molecule has 0 spiro atoms. The minimum atomic E-state index is -3.23. The van der Waals surface area contributed by atoms with Crippen LogP contribution in [0.25, 0.3) is 0 Å². The lowest BCUT2D eigenvalue weighted by Crippen LogP contribution is -2.53. The van der Waals surface area contributed by atoms with Gasteiger partial charge in [-0.1, -0.05) is 55.8 Å². The maximum atomic E-state index is 12.2. The van der Waals surface area contributed by atoms with Gasteiger partial charge in [-0.05, 0) is 24.1 Å². The highest BCUT2D eigenvalue weighted by molar-refractivity contribution is 7.90. The van der Waals surface area contributed by atoms with E-state index in [4.69, 9.17) is 0 Å². The van der Waals surface area contributed by atoms with E-state index in [-0.39, 0.29) is 0 Å². The summed E-state index contributed by atoms with van der Waals surface area (Å²) in [5, 5.41) is 0. The van der Waals surface area contributed by atoms with Crippen LogP contribution in [-0.2, 0) is 16.4 Å². The zero-order chi connectivity index (χ0) is 18.6. The van der Waals surface area contributed by atoms with Crippen molar-refractivity contribution in [3.8, 4) is 0 Å². The molecule has 1 saturated heterocycles. The SMILES string of the molecule is CCCC1CN(c2ccccc2S(C)(=O)=O)CCN1Cc1ccccc1. The van der Waals surface area contributed by atoms with Gasteiger partial charge in [-0.2, -0.15) is 0 Å². The maximum Gasteiger partial charge on any atom is 0.177 e. The molecule has 0 aliphatic carbocycles. The first-order valence-electron chi connectivity index (χ1n) is 9.31. The lowest BCUT2D eigenvalue weighted by molar-refractivity contribution is 0.158. The van der Waals surface area contributed by atoms with Crippen LogP contribution in [0.5, 0.6) is 0 Å². The Morgan fingerprint density at radius 2 is 1.69 bits per heavy atom. The molecule has 26 heavy (non-hydrogen) atoms. The summed E-state index contributed by atoms with van der Waals surface area (Å²) in [6, 6.07) is 18.4. The summed E-state index contributed by atoms with van der Waals surface area (Å²) in [6.07, 6.45) is 3.53. The summed E-state index contributed by atoms with van der Waals surface area (Å²) in [5.74, 6) is 0. The van der Waals surface area contributed by atoms with Gasteiger partial charge in [0, 0.05) is 38.5 Å². The van der Waals surface area contributed by atoms with Gasteiger partial charge in [0.25, 0.3) is 0 Å². The molecule has 3 rings (SSSR count). The summed E-state index contributed by atoms with van der Waals surface area (Å²) >= 11 is 0. The third-order valence-corrected chi connectivity index (χ3v) is 6.20. The molecule has 1 aliphatic heterocycles. The Morgan fingerprint density at radius 3 is 2.38 bits per heavy atom. The van der Waals surface area contributed by atoms with Gasteiger partial charge in [0.2, 0.25) is 0 Å². The van der Waals surface area contributed by atoms with Crippen LogP contribution >= 0.6 is 0 Å². The summed E-state index contributed by atoms with van der Waals surface area (Å²) in [7, 11) is -3.23. The summed E-state index contributed by atoms with van der Waals surface area (Å²) in [6.45, 7) is 5.82. The van der Waals surface area contributed by atoms with Gasteiger partial charge in [-0.3, -0.25) is 4.90 Å². The molecule has 5 heteroatoms. The van der Waals surface area contributed by atoms with Crippen LogP contribution in [0.3, 0.4) is 0 Å². The number of para-hydroxylation sites is 1. The van der Waals surface area contributed by atoms with Crippen molar-refractivity contribution in [3.05, 3.63) is 60.2 Å². The lowest BCUT2D eigenvalue weighted by atomic mass is 10.0. The smallest absolute Gasteiger partial charge is 0.177 e. The molecule has 1 atom stereocenters. The highest BCUT2D eigenvalue weighted by Crippen LogP contribution is 2.28. The highest BCUT2D eigenvalue weighted by Gasteiger charge is 2.28. The van der Waals surface area contributed by atoms with Gasteiger partial charge in [0.05, 0.1) is 10.6 Å². The summed E-state index contributed by atoms with van der Waals surface area (Å²) < 4.78 is 24.3. The molecule has 1 unspecified atom stereocenters. The molecule has 0 aromatic heterocycles.